The van der Waals surface area contributed by atoms with Crippen LogP contribution in [-0.2, 0) is 16.0 Å². The van der Waals surface area contributed by atoms with Gasteiger partial charge in [0.2, 0.25) is 0 Å². The lowest BCUT2D eigenvalue weighted by Crippen LogP contribution is -2.51. The van der Waals surface area contributed by atoms with Crippen molar-refractivity contribution in [3.05, 3.63) is 35.9 Å². The molecule has 8 amide bonds. The monoisotopic (exact) mass is 561 g/mol. The summed E-state index contributed by atoms with van der Waals surface area (Å²) in [5, 5.41) is 16.0. The summed E-state index contributed by atoms with van der Waals surface area (Å²) in [6.45, 7) is 9.95. The molecule has 6 N–H and O–H groups in total. The SMILES string of the molecule is CC(C)C[C@@H]1NC(=O)N(C[C@H](Cc2ccccc2)NC(=O)NCCNC(=O)NCCNC(=O)OC(C)(C)C)C1=O. The fourth-order valence-electron chi connectivity index (χ4n) is 3.97. The van der Waals surface area contributed by atoms with Crippen LogP contribution < -0.4 is 31.9 Å². The number of ether oxygens (including phenoxy) is 1. The van der Waals surface area contributed by atoms with Gasteiger partial charge in [-0.2, -0.15) is 0 Å². The minimum Gasteiger partial charge on any atom is -0.444 e. The average molecular weight is 562 g/mol. The molecule has 2 atom stereocenters. The van der Waals surface area contributed by atoms with E-state index in [1.54, 1.807) is 20.8 Å². The predicted molar refractivity (Wildman–Crippen MR) is 150 cm³/mol. The second-order valence-electron chi connectivity index (χ2n) is 11.0. The molecule has 2 rings (SSSR count). The fourth-order valence-corrected chi connectivity index (χ4v) is 3.97. The minimum atomic E-state index is -0.605. The van der Waals surface area contributed by atoms with Crippen molar-refractivity contribution in [1.82, 2.24) is 36.8 Å². The molecule has 0 bridgehead atoms. The molecule has 1 fully saturated rings. The van der Waals surface area contributed by atoms with Crippen LogP contribution >= 0.6 is 0 Å². The molecule has 0 spiro atoms. The highest BCUT2D eigenvalue weighted by Crippen LogP contribution is 2.15. The highest BCUT2D eigenvalue weighted by atomic mass is 16.6. The molecule has 1 aromatic carbocycles. The van der Waals surface area contributed by atoms with E-state index in [1.165, 1.54) is 0 Å². The number of nitrogens with zero attached hydrogens (tertiary/aromatic N) is 1. The van der Waals surface area contributed by atoms with Gasteiger partial charge < -0.3 is 36.6 Å². The van der Waals surface area contributed by atoms with E-state index in [2.05, 4.69) is 31.9 Å². The summed E-state index contributed by atoms with van der Waals surface area (Å²) < 4.78 is 5.11. The number of nitrogens with one attached hydrogen (secondary N) is 6. The van der Waals surface area contributed by atoms with Crippen molar-refractivity contribution in [3.63, 3.8) is 0 Å². The lowest BCUT2D eigenvalue weighted by atomic mass is 10.0. The van der Waals surface area contributed by atoms with E-state index >= 15 is 0 Å². The predicted octanol–water partition coefficient (Wildman–Crippen LogP) is 1.69. The summed E-state index contributed by atoms with van der Waals surface area (Å²) in [6, 6.07) is 6.96. The first-order chi connectivity index (χ1) is 18.8. The molecule has 13 nitrogen and oxygen atoms in total. The summed E-state index contributed by atoms with van der Waals surface area (Å²) >= 11 is 0. The summed E-state index contributed by atoms with van der Waals surface area (Å²) in [7, 11) is 0. The van der Waals surface area contributed by atoms with Crippen LogP contribution in [0, 0.1) is 5.92 Å². The Bertz CT molecular complexity index is 1010. The van der Waals surface area contributed by atoms with E-state index in [-0.39, 0.29) is 44.5 Å². The zero-order valence-corrected chi connectivity index (χ0v) is 24.0. The number of rotatable bonds is 13. The molecule has 1 aliphatic rings. The molecule has 13 heteroatoms. The minimum absolute atomic E-state index is 0.0273. The van der Waals surface area contributed by atoms with Gasteiger partial charge in [-0.15, -0.1) is 0 Å². The Labute approximate surface area is 235 Å². The van der Waals surface area contributed by atoms with E-state index in [1.807, 2.05) is 44.2 Å². The van der Waals surface area contributed by atoms with Crippen molar-refractivity contribution in [2.24, 2.45) is 5.92 Å². The Kier molecular flexibility index (Phi) is 12.5. The zero-order valence-electron chi connectivity index (χ0n) is 24.0. The van der Waals surface area contributed by atoms with E-state index in [0.717, 1.165) is 10.5 Å². The Balaban J connectivity index is 1.77. The maximum atomic E-state index is 12.8. The summed E-state index contributed by atoms with van der Waals surface area (Å²) in [5.74, 6) is -0.0571. The van der Waals surface area contributed by atoms with Gasteiger partial charge in [0.15, 0.2) is 0 Å². The number of carbonyl (C=O) groups is 5. The molecule has 222 valence electrons. The fraction of sp³-hybridized carbons (Fsp3) is 0.593. The zero-order chi connectivity index (χ0) is 29.7. The van der Waals surface area contributed by atoms with Crippen molar-refractivity contribution in [2.45, 2.75) is 65.1 Å². The first-order valence-electron chi connectivity index (χ1n) is 13.5. The van der Waals surface area contributed by atoms with E-state index in [4.69, 9.17) is 4.74 Å². The Hall–Kier alpha value is -4.03. The number of benzene rings is 1. The van der Waals surface area contributed by atoms with Gasteiger partial charge in [-0.3, -0.25) is 9.69 Å². The van der Waals surface area contributed by atoms with E-state index in [0.29, 0.717) is 12.8 Å². The number of hydrogen-bond acceptors (Lipinski definition) is 6. The first kappa shape index (κ1) is 32.2. The van der Waals surface area contributed by atoms with Gasteiger partial charge in [0.1, 0.15) is 11.6 Å². The van der Waals surface area contributed by atoms with Crippen LogP contribution in [0.3, 0.4) is 0 Å². The van der Waals surface area contributed by atoms with Crippen molar-refractivity contribution in [2.75, 3.05) is 32.7 Å². The lowest BCUT2D eigenvalue weighted by Gasteiger charge is -2.24. The molecule has 0 saturated carbocycles. The molecule has 0 unspecified atom stereocenters. The van der Waals surface area contributed by atoms with Gasteiger partial charge in [-0.05, 0) is 45.1 Å². The van der Waals surface area contributed by atoms with Gasteiger partial charge in [0, 0.05) is 26.2 Å². The molecule has 1 saturated heterocycles. The molecule has 0 radical (unpaired) electrons. The third-order valence-electron chi connectivity index (χ3n) is 5.65. The molecule has 1 aliphatic heterocycles. The Morgan fingerprint density at radius 2 is 1.50 bits per heavy atom. The molecule has 0 aliphatic carbocycles. The molecule has 0 aromatic heterocycles. The largest absolute Gasteiger partial charge is 0.444 e. The topological polar surface area (TPSA) is 170 Å². The standard InChI is InChI=1S/C27H43N7O6/c1-18(2)15-21-22(35)34(25(38)33-21)17-20(16-19-9-7-6-8-10-19)32-24(37)30-12-11-28-23(36)29-13-14-31-26(39)40-27(3,4)5/h6-10,18,20-21H,11-17H2,1-5H3,(H,31,39)(H,33,38)(H2,28,29,36)(H2,30,32,37)/t20-,21-/m0/s1. The number of amides is 8. The number of imide groups is 1. The molecule has 1 aromatic rings. The Morgan fingerprint density at radius 1 is 0.925 bits per heavy atom. The van der Waals surface area contributed by atoms with Gasteiger partial charge in [-0.1, -0.05) is 44.2 Å². The van der Waals surface area contributed by atoms with Crippen molar-refractivity contribution in [1.29, 1.82) is 0 Å². The molecule has 40 heavy (non-hydrogen) atoms. The van der Waals surface area contributed by atoms with E-state index < -0.39 is 41.9 Å². The highest BCUT2D eigenvalue weighted by Gasteiger charge is 2.39. The number of hydrogen-bond donors (Lipinski definition) is 6. The average Bonchev–Trinajstić information content (AvgIpc) is 3.10. The molecular formula is C27H43N7O6. The van der Waals surface area contributed by atoms with Gasteiger partial charge in [0.05, 0.1) is 12.6 Å². The van der Waals surface area contributed by atoms with Crippen LogP contribution in [0.4, 0.5) is 19.2 Å². The molecule has 1 heterocycles. The van der Waals surface area contributed by atoms with Crippen LogP contribution in [0.15, 0.2) is 30.3 Å². The summed E-state index contributed by atoms with van der Waals surface area (Å²) in [5.41, 5.74) is 0.338. The normalized spacial score (nSPS) is 15.8. The van der Waals surface area contributed by atoms with Gasteiger partial charge in [0.25, 0.3) is 5.91 Å². The van der Waals surface area contributed by atoms with E-state index in [9.17, 15) is 24.0 Å². The summed E-state index contributed by atoms with van der Waals surface area (Å²) in [4.78, 5) is 62.6. The van der Waals surface area contributed by atoms with Crippen molar-refractivity contribution >= 4 is 30.1 Å². The number of alkyl carbamates (subject to hydrolysis) is 1. The summed E-state index contributed by atoms with van der Waals surface area (Å²) in [6.07, 6.45) is 0.387. The number of urea groups is 3. The van der Waals surface area contributed by atoms with Crippen LogP contribution in [-0.4, -0.2) is 85.4 Å². The third-order valence-corrected chi connectivity index (χ3v) is 5.65. The van der Waals surface area contributed by atoms with Crippen LogP contribution in [0.5, 0.6) is 0 Å². The maximum Gasteiger partial charge on any atom is 0.407 e. The number of carbonyl (C=O) groups excluding carboxylic acids is 5. The van der Waals surface area contributed by atoms with Crippen LogP contribution in [0.2, 0.25) is 0 Å². The van der Waals surface area contributed by atoms with Gasteiger partial charge >= 0.3 is 24.2 Å². The molecular weight excluding hydrogens is 518 g/mol. The third kappa shape index (κ3) is 12.2. The second-order valence-corrected chi connectivity index (χ2v) is 11.0. The Morgan fingerprint density at radius 3 is 2.08 bits per heavy atom. The second kappa shape index (κ2) is 15.5. The van der Waals surface area contributed by atoms with Crippen molar-refractivity contribution in [3.8, 4) is 0 Å². The maximum absolute atomic E-state index is 12.8. The lowest BCUT2D eigenvalue weighted by molar-refractivity contribution is -0.128. The highest BCUT2D eigenvalue weighted by molar-refractivity contribution is 6.04. The first-order valence-corrected chi connectivity index (χ1v) is 13.5. The van der Waals surface area contributed by atoms with Crippen LogP contribution in [0.1, 0.15) is 46.6 Å². The van der Waals surface area contributed by atoms with Gasteiger partial charge in [-0.25, -0.2) is 19.2 Å². The quantitative estimate of drug-likeness (QED) is 0.158. The van der Waals surface area contributed by atoms with Crippen molar-refractivity contribution < 1.29 is 28.7 Å². The van der Waals surface area contributed by atoms with Crippen LogP contribution in [0.25, 0.3) is 0 Å². The smallest absolute Gasteiger partial charge is 0.407 e.